The van der Waals surface area contributed by atoms with E-state index < -0.39 is 10.0 Å². The predicted octanol–water partition coefficient (Wildman–Crippen LogP) is 2.00. The Morgan fingerprint density at radius 2 is 2.00 bits per heavy atom. The van der Waals surface area contributed by atoms with Gasteiger partial charge in [0.1, 0.15) is 10.6 Å². The van der Waals surface area contributed by atoms with Crippen molar-refractivity contribution in [2.75, 3.05) is 20.7 Å². The van der Waals surface area contributed by atoms with Crippen molar-refractivity contribution in [3.05, 3.63) is 23.8 Å². The van der Waals surface area contributed by atoms with Crippen LogP contribution in [0.4, 0.5) is 0 Å². The largest absolute Gasteiger partial charge is 0.495 e. The third-order valence-electron chi connectivity index (χ3n) is 3.18. The van der Waals surface area contributed by atoms with Gasteiger partial charge in [0, 0.05) is 13.6 Å². The van der Waals surface area contributed by atoms with Crippen molar-refractivity contribution in [3.8, 4) is 5.75 Å². The Kier molecular flexibility index (Phi) is 6.45. The number of benzene rings is 1. The van der Waals surface area contributed by atoms with Gasteiger partial charge >= 0.3 is 0 Å². The Morgan fingerprint density at radius 1 is 1.30 bits per heavy atom. The second kappa shape index (κ2) is 7.61. The standard InChI is InChI=1S/C14H23NO4S/c1-4-5-6-9-15(2)20(17,18)14-8-7-12(11-16)10-13(14)19-3/h7-8,10,16H,4-6,9,11H2,1-3H3. The first-order valence-electron chi connectivity index (χ1n) is 6.71. The minimum absolute atomic E-state index is 0.135. The van der Waals surface area contributed by atoms with E-state index in [1.165, 1.54) is 17.5 Å². The summed E-state index contributed by atoms with van der Waals surface area (Å²) in [5.74, 6) is 0.263. The SMILES string of the molecule is CCCCCN(C)S(=O)(=O)c1ccc(CO)cc1OC. The lowest BCUT2D eigenvalue weighted by Gasteiger charge is -2.19. The molecule has 1 rings (SSSR count). The van der Waals surface area contributed by atoms with Gasteiger partial charge in [0.2, 0.25) is 10.0 Å². The van der Waals surface area contributed by atoms with E-state index in [0.29, 0.717) is 12.1 Å². The summed E-state index contributed by atoms with van der Waals surface area (Å²) in [5, 5.41) is 9.09. The zero-order valence-electron chi connectivity index (χ0n) is 12.3. The van der Waals surface area contributed by atoms with E-state index in [2.05, 4.69) is 6.92 Å². The molecular weight excluding hydrogens is 278 g/mol. The molecule has 20 heavy (non-hydrogen) atoms. The minimum atomic E-state index is -3.56. The molecule has 0 aliphatic heterocycles. The monoisotopic (exact) mass is 301 g/mol. The summed E-state index contributed by atoms with van der Waals surface area (Å²) in [4.78, 5) is 0.135. The summed E-state index contributed by atoms with van der Waals surface area (Å²) in [6.45, 7) is 2.41. The lowest BCUT2D eigenvalue weighted by atomic mass is 10.2. The Balaban J connectivity index is 3.02. The average Bonchev–Trinajstić information content (AvgIpc) is 2.46. The molecule has 0 saturated heterocycles. The number of hydrogen-bond donors (Lipinski definition) is 1. The fourth-order valence-corrected chi connectivity index (χ4v) is 3.24. The summed E-state index contributed by atoms with van der Waals surface area (Å²) < 4.78 is 31.5. The highest BCUT2D eigenvalue weighted by atomic mass is 32.2. The Labute approximate surface area is 121 Å². The van der Waals surface area contributed by atoms with Crippen molar-refractivity contribution < 1.29 is 18.3 Å². The van der Waals surface area contributed by atoms with Gasteiger partial charge in [-0.25, -0.2) is 12.7 Å². The van der Waals surface area contributed by atoms with E-state index in [-0.39, 0.29) is 17.3 Å². The molecule has 0 aliphatic rings. The lowest BCUT2D eigenvalue weighted by Crippen LogP contribution is -2.28. The van der Waals surface area contributed by atoms with Gasteiger partial charge in [0.05, 0.1) is 13.7 Å². The van der Waals surface area contributed by atoms with Crippen LogP contribution in [-0.4, -0.2) is 38.5 Å². The van der Waals surface area contributed by atoms with Gasteiger partial charge in [-0.2, -0.15) is 0 Å². The first-order valence-corrected chi connectivity index (χ1v) is 8.15. The molecule has 6 heteroatoms. The van der Waals surface area contributed by atoms with Crippen LogP contribution in [0.2, 0.25) is 0 Å². The predicted molar refractivity (Wildman–Crippen MR) is 78.3 cm³/mol. The first-order chi connectivity index (χ1) is 9.47. The van der Waals surface area contributed by atoms with Crippen LogP contribution in [0.15, 0.2) is 23.1 Å². The molecule has 0 heterocycles. The first kappa shape index (κ1) is 16.9. The quantitative estimate of drug-likeness (QED) is 0.746. The Bertz CT molecular complexity index is 528. The number of hydrogen-bond acceptors (Lipinski definition) is 4. The molecule has 1 N–H and O–H groups in total. The van der Waals surface area contributed by atoms with Gasteiger partial charge in [0.25, 0.3) is 0 Å². The smallest absolute Gasteiger partial charge is 0.246 e. The molecular formula is C14H23NO4S. The highest BCUT2D eigenvalue weighted by molar-refractivity contribution is 7.89. The number of nitrogens with zero attached hydrogens (tertiary/aromatic N) is 1. The maximum Gasteiger partial charge on any atom is 0.246 e. The van der Waals surface area contributed by atoms with E-state index >= 15 is 0 Å². The molecule has 0 spiro atoms. The fraction of sp³-hybridized carbons (Fsp3) is 0.571. The maximum absolute atomic E-state index is 12.5. The summed E-state index contributed by atoms with van der Waals surface area (Å²) in [6, 6.07) is 4.62. The molecule has 0 amide bonds. The van der Waals surface area contributed by atoms with Crippen molar-refractivity contribution in [1.29, 1.82) is 0 Å². The molecule has 1 aromatic rings. The van der Waals surface area contributed by atoms with Gasteiger partial charge in [-0.3, -0.25) is 0 Å². The summed E-state index contributed by atoms with van der Waals surface area (Å²) in [7, 11) is -0.563. The minimum Gasteiger partial charge on any atom is -0.495 e. The Hall–Kier alpha value is -1.11. The van der Waals surface area contributed by atoms with E-state index in [4.69, 9.17) is 9.84 Å². The van der Waals surface area contributed by atoms with Crippen LogP contribution in [0.25, 0.3) is 0 Å². The van der Waals surface area contributed by atoms with E-state index in [0.717, 1.165) is 19.3 Å². The maximum atomic E-state index is 12.5. The van der Waals surface area contributed by atoms with E-state index in [1.54, 1.807) is 19.2 Å². The molecule has 0 aromatic heterocycles. The molecule has 0 radical (unpaired) electrons. The molecule has 0 fully saturated rings. The topological polar surface area (TPSA) is 66.8 Å². The highest BCUT2D eigenvalue weighted by Gasteiger charge is 2.24. The number of rotatable bonds is 8. The number of aliphatic hydroxyl groups excluding tert-OH is 1. The number of unbranched alkanes of at least 4 members (excludes halogenated alkanes) is 2. The summed E-state index contributed by atoms with van der Waals surface area (Å²) >= 11 is 0. The van der Waals surface area contributed by atoms with Crippen LogP contribution >= 0.6 is 0 Å². The van der Waals surface area contributed by atoms with Gasteiger partial charge in [0.15, 0.2) is 0 Å². The van der Waals surface area contributed by atoms with Crippen molar-refractivity contribution >= 4 is 10.0 Å². The molecule has 0 atom stereocenters. The van der Waals surface area contributed by atoms with Crippen molar-refractivity contribution in [2.45, 2.75) is 37.7 Å². The van der Waals surface area contributed by atoms with Crippen LogP contribution in [0, 0.1) is 0 Å². The van der Waals surface area contributed by atoms with Crippen molar-refractivity contribution in [2.24, 2.45) is 0 Å². The van der Waals surface area contributed by atoms with Crippen LogP contribution in [0.1, 0.15) is 31.7 Å². The van der Waals surface area contributed by atoms with Crippen LogP contribution in [-0.2, 0) is 16.6 Å². The second-order valence-corrected chi connectivity index (χ2v) is 6.69. The number of ether oxygens (including phenoxy) is 1. The van der Waals surface area contributed by atoms with Gasteiger partial charge in [-0.1, -0.05) is 25.8 Å². The highest BCUT2D eigenvalue weighted by Crippen LogP contribution is 2.27. The van der Waals surface area contributed by atoms with Gasteiger partial charge in [-0.15, -0.1) is 0 Å². The molecule has 0 bridgehead atoms. The van der Waals surface area contributed by atoms with E-state index in [1.807, 2.05) is 0 Å². The average molecular weight is 301 g/mol. The van der Waals surface area contributed by atoms with Gasteiger partial charge in [-0.05, 0) is 24.1 Å². The fourth-order valence-electron chi connectivity index (χ4n) is 1.90. The zero-order valence-corrected chi connectivity index (χ0v) is 13.1. The van der Waals surface area contributed by atoms with Gasteiger partial charge < -0.3 is 9.84 Å². The normalized spacial score (nSPS) is 11.8. The number of aliphatic hydroxyl groups is 1. The zero-order chi connectivity index (χ0) is 15.2. The van der Waals surface area contributed by atoms with Crippen LogP contribution in [0.3, 0.4) is 0 Å². The van der Waals surface area contributed by atoms with Crippen LogP contribution < -0.4 is 4.74 Å². The third kappa shape index (κ3) is 3.94. The Morgan fingerprint density at radius 3 is 2.55 bits per heavy atom. The molecule has 0 saturated carbocycles. The molecule has 5 nitrogen and oxygen atoms in total. The molecule has 1 aromatic carbocycles. The number of sulfonamides is 1. The van der Waals surface area contributed by atoms with E-state index in [9.17, 15) is 8.42 Å². The second-order valence-electron chi connectivity index (χ2n) is 4.68. The number of methoxy groups -OCH3 is 1. The molecule has 0 aliphatic carbocycles. The van der Waals surface area contributed by atoms with Crippen molar-refractivity contribution in [1.82, 2.24) is 4.31 Å². The van der Waals surface area contributed by atoms with Crippen molar-refractivity contribution in [3.63, 3.8) is 0 Å². The summed E-state index contributed by atoms with van der Waals surface area (Å²) in [5.41, 5.74) is 0.620. The molecule has 114 valence electrons. The summed E-state index contributed by atoms with van der Waals surface area (Å²) in [6.07, 6.45) is 2.88. The lowest BCUT2D eigenvalue weighted by molar-refractivity contribution is 0.280. The third-order valence-corrected chi connectivity index (χ3v) is 5.07. The molecule has 0 unspecified atom stereocenters. The van der Waals surface area contributed by atoms with Crippen LogP contribution in [0.5, 0.6) is 5.75 Å².